The van der Waals surface area contributed by atoms with E-state index in [0.29, 0.717) is 0 Å². The maximum Gasteiger partial charge on any atom is 0.152 e. The van der Waals surface area contributed by atoms with E-state index in [9.17, 15) is 8.78 Å². The van der Waals surface area contributed by atoms with E-state index in [-0.39, 0.29) is 14.5 Å². The molecule has 0 aliphatic carbocycles. The molecule has 0 fully saturated rings. The quantitative estimate of drug-likeness (QED) is 0.502. The first kappa shape index (κ1) is 9.13. The van der Waals surface area contributed by atoms with Crippen molar-refractivity contribution in [2.24, 2.45) is 0 Å². The third-order valence-electron chi connectivity index (χ3n) is 1.34. The summed E-state index contributed by atoms with van der Waals surface area (Å²) in [6, 6.07) is 1.11. The normalized spacial score (nSPS) is 10.3. The summed E-state index contributed by atoms with van der Waals surface area (Å²) in [6.45, 7) is 1.51. The summed E-state index contributed by atoms with van der Waals surface area (Å²) < 4.78 is 26.0. The highest BCUT2D eigenvalue weighted by Gasteiger charge is 2.11. The fraction of sp³-hybridized carbons (Fsp3) is 0.143. The molecular weight excluding hydrogens is 282 g/mol. The summed E-state index contributed by atoms with van der Waals surface area (Å²) >= 11 is 5.82. The molecule has 0 spiro atoms. The Labute approximate surface area is 79.9 Å². The maximum atomic E-state index is 12.9. The lowest BCUT2D eigenvalue weighted by Crippen LogP contribution is -1.89. The molecule has 0 aliphatic heterocycles. The smallest absolute Gasteiger partial charge is 0.152 e. The number of halogens is 4. The second-order valence-electron chi connectivity index (χ2n) is 2.09. The minimum atomic E-state index is -0.469. The van der Waals surface area contributed by atoms with Crippen LogP contribution in [-0.2, 0) is 0 Å². The Kier molecular flexibility index (Phi) is 2.65. The van der Waals surface area contributed by atoms with Gasteiger partial charge in [-0.3, -0.25) is 0 Å². The van der Waals surface area contributed by atoms with E-state index in [1.165, 1.54) is 6.92 Å². The zero-order valence-electron chi connectivity index (χ0n) is 5.59. The van der Waals surface area contributed by atoms with E-state index in [2.05, 4.69) is 31.9 Å². The van der Waals surface area contributed by atoms with Crippen LogP contribution in [0.2, 0.25) is 0 Å². The lowest BCUT2D eigenvalue weighted by atomic mass is 10.2. The third-order valence-corrected chi connectivity index (χ3v) is 2.86. The molecule has 1 rings (SSSR count). The van der Waals surface area contributed by atoms with Crippen LogP contribution in [0, 0.1) is 18.6 Å². The van der Waals surface area contributed by atoms with Crippen molar-refractivity contribution in [2.75, 3.05) is 0 Å². The molecule has 11 heavy (non-hydrogen) atoms. The number of hydrogen-bond donors (Lipinski definition) is 0. The molecule has 0 N–H and O–H groups in total. The van der Waals surface area contributed by atoms with Gasteiger partial charge in [0.15, 0.2) is 5.82 Å². The fourth-order valence-corrected chi connectivity index (χ4v) is 1.73. The summed E-state index contributed by atoms with van der Waals surface area (Å²) in [5.41, 5.74) is 0.283. The molecule has 0 aliphatic rings. The fourth-order valence-electron chi connectivity index (χ4n) is 0.657. The Morgan fingerprint density at radius 3 is 2.36 bits per heavy atom. The van der Waals surface area contributed by atoms with E-state index in [1.54, 1.807) is 0 Å². The van der Waals surface area contributed by atoms with E-state index in [4.69, 9.17) is 0 Å². The first-order chi connectivity index (χ1) is 5.04. The van der Waals surface area contributed by atoms with E-state index >= 15 is 0 Å². The monoisotopic (exact) mass is 284 g/mol. The van der Waals surface area contributed by atoms with Gasteiger partial charge in [-0.1, -0.05) is 0 Å². The van der Waals surface area contributed by atoms with Gasteiger partial charge in [0.2, 0.25) is 0 Å². The lowest BCUT2D eigenvalue weighted by Gasteiger charge is -2.02. The zero-order chi connectivity index (χ0) is 8.59. The summed E-state index contributed by atoms with van der Waals surface area (Å²) in [6.07, 6.45) is 0. The summed E-state index contributed by atoms with van der Waals surface area (Å²) in [4.78, 5) is 0. The highest BCUT2D eigenvalue weighted by molar-refractivity contribution is 9.11. The van der Waals surface area contributed by atoms with E-state index in [0.717, 1.165) is 6.07 Å². The van der Waals surface area contributed by atoms with Gasteiger partial charge in [0.1, 0.15) is 5.82 Å². The molecule has 0 saturated carbocycles. The van der Waals surface area contributed by atoms with Gasteiger partial charge < -0.3 is 0 Å². The topological polar surface area (TPSA) is 0 Å². The highest BCUT2D eigenvalue weighted by Crippen LogP contribution is 2.28. The molecule has 0 unspecified atom stereocenters. The third kappa shape index (κ3) is 1.62. The Hall–Kier alpha value is 0.0400. The molecule has 0 nitrogen and oxygen atoms in total. The summed E-state index contributed by atoms with van der Waals surface area (Å²) in [5, 5.41) is 0. The second kappa shape index (κ2) is 3.19. The van der Waals surface area contributed by atoms with Crippen molar-refractivity contribution in [1.82, 2.24) is 0 Å². The zero-order valence-corrected chi connectivity index (χ0v) is 8.76. The molecule has 0 bridgehead atoms. The molecule has 0 amide bonds. The molecule has 0 radical (unpaired) electrons. The van der Waals surface area contributed by atoms with Crippen molar-refractivity contribution in [3.8, 4) is 0 Å². The molecule has 60 valence electrons. The van der Waals surface area contributed by atoms with E-state index in [1.807, 2.05) is 0 Å². The Bertz CT molecular complexity index is 271. The molecular formula is C7H4Br2F2. The standard InChI is InChI=1S/C7H4Br2F2/c1-3-5(10)2-4(8)7(11)6(3)9/h2H,1H3. The largest absolute Gasteiger partial charge is 0.207 e. The first-order valence-electron chi connectivity index (χ1n) is 2.83. The molecule has 0 heterocycles. The Morgan fingerprint density at radius 2 is 1.82 bits per heavy atom. The average Bonchev–Trinajstić information content (AvgIpc) is 1.97. The van der Waals surface area contributed by atoms with Gasteiger partial charge in [0.05, 0.1) is 8.95 Å². The van der Waals surface area contributed by atoms with Crippen molar-refractivity contribution in [2.45, 2.75) is 6.92 Å². The summed E-state index contributed by atoms with van der Waals surface area (Å²) in [5.74, 6) is -0.894. The number of hydrogen-bond acceptors (Lipinski definition) is 0. The summed E-state index contributed by atoms with van der Waals surface area (Å²) in [7, 11) is 0. The maximum absolute atomic E-state index is 12.9. The average molecular weight is 286 g/mol. The van der Waals surface area contributed by atoms with Gasteiger partial charge in [0, 0.05) is 5.56 Å². The van der Waals surface area contributed by atoms with Crippen molar-refractivity contribution in [1.29, 1.82) is 0 Å². The van der Waals surface area contributed by atoms with Crippen molar-refractivity contribution in [3.05, 3.63) is 32.2 Å². The van der Waals surface area contributed by atoms with Gasteiger partial charge in [-0.15, -0.1) is 0 Å². The van der Waals surface area contributed by atoms with Crippen LogP contribution < -0.4 is 0 Å². The van der Waals surface area contributed by atoms with Crippen molar-refractivity contribution in [3.63, 3.8) is 0 Å². The second-order valence-corrected chi connectivity index (χ2v) is 3.74. The molecule has 4 heteroatoms. The first-order valence-corrected chi connectivity index (χ1v) is 4.42. The molecule has 1 aromatic rings. The van der Waals surface area contributed by atoms with Gasteiger partial charge >= 0.3 is 0 Å². The van der Waals surface area contributed by atoms with Gasteiger partial charge in [0.25, 0.3) is 0 Å². The van der Waals surface area contributed by atoms with Crippen LogP contribution in [-0.4, -0.2) is 0 Å². The van der Waals surface area contributed by atoms with Crippen LogP contribution in [0.3, 0.4) is 0 Å². The predicted molar refractivity (Wildman–Crippen MR) is 46.5 cm³/mol. The highest BCUT2D eigenvalue weighted by atomic mass is 79.9. The Balaban J connectivity index is 3.46. The minimum Gasteiger partial charge on any atom is -0.207 e. The number of rotatable bonds is 0. The van der Waals surface area contributed by atoms with E-state index < -0.39 is 11.6 Å². The predicted octanol–water partition coefficient (Wildman–Crippen LogP) is 3.80. The van der Waals surface area contributed by atoms with Crippen LogP contribution in [0.15, 0.2) is 15.0 Å². The van der Waals surface area contributed by atoms with Gasteiger partial charge in [-0.2, -0.15) is 0 Å². The van der Waals surface area contributed by atoms with Crippen LogP contribution in [0.1, 0.15) is 5.56 Å². The lowest BCUT2D eigenvalue weighted by molar-refractivity contribution is 0.581. The van der Waals surface area contributed by atoms with Gasteiger partial charge in [-0.05, 0) is 44.8 Å². The SMILES string of the molecule is Cc1c(F)cc(Br)c(F)c1Br. The van der Waals surface area contributed by atoms with Crippen LogP contribution in [0.5, 0.6) is 0 Å². The van der Waals surface area contributed by atoms with Crippen LogP contribution >= 0.6 is 31.9 Å². The minimum absolute atomic E-state index is 0.132. The number of benzene rings is 1. The van der Waals surface area contributed by atoms with Crippen LogP contribution in [0.25, 0.3) is 0 Å². The van der Waals surface area contributed by atoms with Gasteiger partial charge in [-0.25, -0.2) is 8.78 Å². The van der Waals surface area contributed by atoms with Crippen molar-refractivity contribution >= 4 is 31.9 Å². The molecule has 0 atom stereocenters. The molecule has 0 saturated heterocycles. The molecule has 1 aromatic carbocycles. The Morgan fingerprint density at radius 1 is 1.27 bits per heavy atom. The van der Waals surface area contributed by atoms with Crippen molar-refractivity contribution < 1.29 is 8.78 Å². The molecule has 0 aromatic heterocycles. The van der Waals surface area contributed by atoms with Crippen LogP contribution in [0.4, 0.5) is 8.78 Å².